The predicted octanol–water partition coefficient (Wildman–Crippen LogP) is 5.50. The zero-order chi connectivity index (χ0) is 15.1. The second kappa shape index (κ2) is 8.08. The Kier molecular flexibility index (Phi) is 6.12. The Bertz CT molecular complexity index is 566. The summed E-state index contributed by atoms with van der Waals surface area (Å²) in [5, 5.41) is 13.2. The highest BCUT2D eigenvalue weighted by atomic mass is 79.9. The Morgan fingerprint density at radius 1 is 1.05 bits per heavy atom. The molecule has 2 aromatic carbocycles. The number of rotatable bonds is 7. The molecule has 0 aromatic heterocycles. The summed E-state index contributed by atoms with van der Waals surface area (Å²) in [5.41, 5.74) is 3.35. The molecule has 0 atom stereocenters. The molecule has 2 rings (SSSR count). The number of unbranched alkanes of at least 4 members (excludes halogenated alkanes) is 2. The maximum absolute atomic E-state index is 9.82. The van der Waals surface area contributed by atoms with Gasteiger partial charge in [0, 0.05) is 22.3 Å². The van der Waals surface area contributed by atoms with Gasteiger partial charge in [0.25, 0.3) is 0 Å². The van der Waals surface area contributed by atoms with Crippen molar-refractivity contribution in [1.29, 1.82) is 0 Å². The van der Waals surface area contributed by atoms with Gasteiger partial charge in [-0.3, -0.25) is 0 Å². The minimum atomic E-state index is 0.321. The van der Waals surface area contributed by atoms with Crippen LogP contribution in [0.3, 0.4) is 0 Å². The van der Waals surface area contributed by atoms with Gasteiger partial charge in [0.1, 0.15) is 5.75 Å². The SMILES string of the molecule is CCCCCc1ccc(NCc2cc(Br)ccc2O)cc1. The van der Waals surface area contributed by atoms with Crippen LogP contribution in [-0.2, 0) is 13.0 Å². The van der Waals surface area contributed by atoms with Gasteiger partial charge in [-0.05, 0) is 48.7 Å². The van der Waals surface area contributed by atoms with E-state index in [4.69, 9.17) is 0 Å². The normalized spacial score (nSPS) is 10.6. The fraction of sp³-hybridized carbons (Fsp3) is 0.333. The molecule has 0 fully saturated rings. The standard InChI is InChI=1S/C18H22BrNO/c1-2-3-4-5-14-6-9-17(10-7-14)20-13-15-12-16(19)8-11-18(15)21/h6-12,20-21H,2-5,13H2,1H3. The summed E-state index contributed by atoms with van der Waals surface area (Å²) in [6.45, 7) is 2.84. The van der Waals surface area contributed by atoms with Gasteiger partial charge < -0.3 is 10.4 Å². The van der Waals surface area contributed by atoms with E-state index >= 15 is 0 Å². The third-order valence-corrected chi connectivity index (χ3v) is 4.04. The molecule has 2 nitrogen and oxygen atoms in total. The first-order valence-corrected chi connectivity index (χ1v) is 8.28. The molecule has 112 valence electrons. The van der Waals surface area contributed by atoms with Crippen molar-refractivity contribution in [2.45, 2.75) is 39.2 Å². The van der Waals surface area contributed by atoms with Crippen LogP contribution in [0.4, 0.5) is 5.69 Å². The Labute approximate surface area is 135 Å². The molecule has 0 saturated carbocycles. The summed E-state index contributed by atoms with van der Waals surface area (Å²) in [6.07, 6.45) is 4.97. The van der Waals surface area contributed by atoms with Crippen LogP contribution in [0.15, 0.2) is 46.9 Å². The van der Waals surface area contributed by atoms with Crippen LogP contribution >= 0.6 is 15.9 Å². The highest BCUT2D eigenvalue weighted by molar-refractivity contribution is 9.10. The summed E-state index contributed by atoms with van der Waals surface area (Å²) in [4.78, 5) is 0. The predicted molar refractivity (Wildman–Crippen MR) is 92.8 cm³/mol. The number of phenolic OH excluding ortho intramolecular Hbond substituents is 1. The van der Waals surface area contributed by atoms with E-state index in [1.165, 1.54) is 24.8 Å². The average molecular weight is 348 g/mol. The van der Waals surface area contributed by atoms with E-state index in [1.807, 2.05) is 12.1 Å². The van der Waals surface area contributed by atoms with Crippen molar-refractivity contribution in [2.24, 2.45) is 0 Å². The number of anilines is 1. The zero-order valence-corrected chi connectivity index (χ0v) is 14.0. The molecule has 0 aliphatic rings. The van der Waals surface area contributed by atoms with E-state index in [2.05, 4.69) is 52.4 Å². The molecule has 0 spiro atoms. The molecule has 0 aliphatic carbocycles. The molecule has 0 amide bonds. The zero-order valence-electron chi connectivity index (χ0n) is 12.4. The highest BCUT2D eigenvalue weighted by Gasteiger charge is 2.02. The van der Waals surface area contributed by atoms with Gasteiger partial charge in [-0.2, -0.15) is 0 Å². The monoisotopic (exact) mass is 347 g/mol. The smallest absolute Gasteiger partial charge is 0.120 e. The number of nitrogens with one attached hydrogen (secondary N) is 1. The molecular formula is C18H22BrNO. The van der Waals surface area contributed by atoms with Crippen LogP contribution in [0.1, 0.15) is 37.3 Å². The van der Waals surface area contributed by atoms with Crippen LogP contribution in [0, 0.1) is 0 Å². The van der Waals surface area contributed by atoms with Crippen molar-refractivity contribution in [3.63, 3.8) is 0 Å². The average Bonchev–Trinajstić information content (AvgIpc) is 2.50. The lowest BCUT2D eigenvalue weighted by Gasteiger charge is -2.09. The number of halogens is 1. The third-order valence-electron chi connectivity index (χ3n) is 3.55. The molecule has 3 heteroatoms. The maximum Gasteiger partial charge on any atom is 0.120 e. The van der Waals surface area contributed by atoms with E-state index in [0.717, 1.165) is 22.1 Å². The Morgan fingerprint density at radius 3 is 2.52 bits per heavy atom. The first-order chi connectivity index (χ1) is 10.2. The maximum atomic E-state index is 9.82. The number of aromatic hydroxyl groups is 1. The highest BCUT2D eigenvalue weighted by Crippen LogP contribution is 2.23. The molecule has 0 heterocycles. The van der Waals surface area contributed by atoms with Gasteiger partial charge in [-0.25, -0.2) is 0 Å². The fourth-order valence-corrected chi connectivity index (χ4v) is 2.67. The van der Waals surface area contributed by atoms with Gasteiger partial charge in [0.2, 0.25) is 0 Å². The molecule has 0 bridgehead atoms. The van der Waals surface area contributed by atoms with Crippen molar-refractivity contribution in [1.82, 2.24) is 0 Å². The van der Waals surface area contributed by atoms with Gasteiger partial charge in [-0.15, -0.1) is 0 Å². The van der Waals surface area contributed by atoms with Crippen molar-refractivity contribution < 1.29 is 5.11 Å². The van der Waals surface area contributed by atoms with E-state index in [0.29, 0.717) is 12.3 Å². The lowest BCUT2D eigenvalue weighted by Crippen LogP contribution is -2.00. The van der Waals surface area contributed by atoms with Gasteiger partial charge >= 0.3 is 0 Å². The summed E-state index contributed by atoms with van der Waals surface area (Å²) < 4.78 is 0.975. The molecule has 21 heavy (non-hydrogen) atoms. The van der Waals surface area contributed by atoms with Crippen LogP contribution in [0.5, 0.6) is 5.75 Å². The largest absolute Gasteiger partial charge is 0.508 e. The molecule has 2 N–H and O–H groups in total. The summed E-state index contributed by atoms with van der Waals surface area (Å²) >= 11 is 3.42. The van der Waals surface area contributed by atoms with Crippen molar-refractivity contribution in [3.8, 4) is 5.75 Å². The quantitative estimate of drug-likeness (QED) is 0.648. The van der Waals surface area contributed by atoms with E-state index in [-0.39, 0.29) is 0 Å². The number of aryl methyl sites for hydroxylation is 1. The minimum absolute atomic E-state index is 0.321. The van der Waals surface area contributed by atoms with Crippen LogP contribution in [0.25, 0.3) is 0 Å². The Balaban J connectivity index is 1.90. The van der Waals surface area contributed by atoms with Gasteiger partial charge in [0.15, 0.2) is 0 Å². The fourth-order valence-electron chi connectivity index (χ4n) is 2.26. The number of benzene rings is 2. The number of phenols is 1. The topological polar surface area (TPSA) is 32.3 Å². The summed E-state index contributed by atoms with van der Waals surface area (Å²) in [7, 11) is 0. The third kappa shape index (κ3) is 5.09. The first-order valence-electron chi connectivity index (χ1n) is 7.49. The first kappa shape index (κ1) is 15.9. The minimum Gasteiger partial charge on any atom is -0.508 e. The van der Waals surface area contributed by atoms with Crippen LogP contribution < -0.4 is 5.32 Å². The molecule has 0 radical (unpaired) electrons. The molecule has 0 aliphatic heterocycles. The summed E-state index contributed by atoms with van der Waals surface area (Å²) in [5.74, 6) is 0.321. The number of hydrogen-bond donors (Lipinski definition) is 2. The lowest BCUT2D eigenvalue weighted by molar-refractivity contribution is 0.469. The Morgan fingerprint density at radius 2 is 1.81 bits per heavy atom. The second-order valence-corrected chi connectivity index (χ2v) is 6.20. The van der Waals surface area contributed by atoms with Gasteiger partial charge in [0.05, 0.1) is 0 Å². The summed E-state index contributed by atoms with van der Waals surface area (Å²) in [6, 6.07) is 14.0. The number of hydrogen-bond acceptors (Lipinski definition) is 2. The van der Waals surface area contributed by atoms with Crippen molar-refractivity contribution in [3.05, 3.63) is 58.1 Å². The van der Waals surface area contributed by atoms with Gasteiger partial charge in [-0.1, -0.05) is 47.8 Å². The Hall–Kier alpha value is -1.48. The van der Waals surface area contributed by atoms with Crippen molar-refractivity contribution >= 4 is 21.6 Å². The molecule has 0 unspecified atom stereocenters. The van der Waals surface area contributed by atoms with E-state index in [9.17, 15) is 5.11 Å². The molecular weight excluding hydrogens is 326 g/mol. The van der Waals surface area contributed by atoms with E-state index < -0.39 is 0 Å². The van der Waals surface area contributed by atoms with Crippen LogP contribution in [0.2, 0.25) is 0 Å². The van der Waals surface area contributed by atoms with E-state index in [1.54, 1.807) is 6.07 Å². The molecule has 2 aromatic rings. The lowest BCUT2D eigenvalue weighted by atomic mass is 10.1. The second-order valence-electron chi connectivity index (χ2n) is 5.28. The van der Waals surface area contributed by atoms with Crippen LogP contribution in [-0.4, -0.2) is 5.11 Å². The molecule has 0 saturated heterocycles. The van der Waals surface area contributed by atoms with Crippen molar-refractivity contribution in [2.75, 3.05) is 5.32 Å².